The van der Waals surface area contributed by atoms with E-state index in [4.69, 9.17) is 9.84 Å². The summed E-state index contributed by atoms with van der Waals surface area (Å²) in [5.41, 5.74) is 0. The minimum atomic E-state index is -0.784. The number of ether oxygens (including phenoxy) is 1. The first-order valence-electron chi connectivity index (χ1n) is 7.20. The summed E-state index contributed by atoms with van der Waals surface area (Å²) < 4.78 is 5.58. The SMILES string of the molecule is CC(CCCC(=O)O)NC(=O)CCC1CCCCO1. The summed E-state index contributed by atoms with van der Waals surface area (Å²) in [6.07, 6.45) is 6.36. The van der Waals surface area contributed by atoms with Crippen molar-refractivity contribution in [1.29, 1.82) is 0 Å². The molecule has 1 aliphatic heterocycles. The fourth-order valence-electron chi connectivity index (χ4n) is 2.31. The van der Waals surface area contributed by atoms with Crippen LogP contribution in [0.3, 0.4) is 0 Å². The number of aliphatic carboxylic acids is 1. The topological polar surface area (TPSA) is 75.6 Å². The molecule has 1 saturated heterocycles. The summed E-state index contributed by atoms with van der Waals surface area (Å²) in [5.74, 6) is -0.745. The van der Waals surface area contributed by atoms with Crippen molar-refractivity contribution in [1.82, 2.24) is 5.32 Å². The van der Waals surface area contributed by atoms with E-state index in [1.807, 2.05) is 6.92 Å². The highest BCUT2D eigenvalue weighted by Gasteiger charge is 2.16. The molecule has 0 saturated carbocycles. The van der Waals surface area contributed by atoms with Crippen LogP contribution >= 0.6 is 0 Å². The molecule has 0 aliphatic carbocycles. The maximum Gasteiger partial charge on any atom is 0.303 e. The molecule has 1 amide bonds. The van der Waals surface area contributed by atoms with Crippen molar-refractivity contribution in [3.63, 3.8) is 0 Å². The molecule has 2 atom stereocenters. The molecule has 19 heavy (non-hydrogen) atoms. The van der Waals surface area contributed by atoms with Gasteiger partial charge in [0.1, 0.15) is 0 Å². The Morgan fingerprint density at radius 2 is 2.16 bits per heavy atom. The Morgan fingerprint density at radius 3 is 2.79 bits per heavy atom. The van der Waals surface area contributed by atoms with Gasteiger partial charge in [-0.25, -0.2) is 0 Å². The summed E-state index contributed by atoms with van der Waals surface area (Å²) in [6.45, 7) is 2.73. The lowest BCUT2D eigenvalue weighted by Gasteiger charge is -2.22. The van der Waals surface area contributed by atoms with Crippen molar-refractivity contribution in [3.05, 3.63) is 0 Å². The molecule has 5 heteroatoms. The van der Waals surface area contributed by atoms with Crippen molar-refractivity contribution in [2.75, 3.05) is 6.61 Å². The molecule has 0 aromatic rings. The third kappa shape index (κ3) is 7.82. The molecular formula is C14H25NO4. The van der Waals surface area contributed by atoms with Gasteiger partial charge in [0, 0.05) is 25.5 Å². The van der Waals surface area contributed by atoms with E-state index < -0.39 is 5.97 Å². The molecular weight excluding hydrogens is 246 g/mol. The predicted octanol–water partition coefficient (Wildman–Crippen LogP) is 2.10. The third-order valence-corrected chi connectivity index (χ3v) is 3.40. The van der Waals surface area contributed by atoms with Gasteiger partial charge in [-0.2, -0.15) is 0 Å². The molecule has 5 nitrogen and oxygen atoms in total. The summed E-state index contributed by atoms with van der Waals surface area (Å²) in [4.78, 5) is 22.1. The third-order valence-electron chi connectivity index (χ3n) is 3.40. The van der Waals surface area contributed by atoms with Crippen LogP contribution in [0.2, 0.25) is 0 Å². The molecule has 0 bridgehead atoms. The van der Waals surface area contributed by atoms with E-state index in [0.29, 0.717) is 19.3 Å². The highest BCUT2D eigenvalue weighted by atomic mass is 16.5. The quantitative estimate of drug-likeness (QED) is 0.709. The highest BCUT2D eigenvalue weighted by molar-refractivity contribution is 5.76. The maximum absolute atomic E-state index is 11.7. The van der Waals surface area contributed by atoms with Crippen LogP contribution in [0, 0.1) is 0 Å². The van der Waals surface area contributed by atoms with Gasteiger partial charge in [0.05, 0.1) is 6.10 Å². The van der Waals surface area contributed by atoms with Gasteiger partial charge in [-0.3, -0.25) is 9.59 Å². The van der Waals surface area contributed by atoms with Crippen molar-refractivity contribution < 1.29 is 19.4 Å². The van der Waals surface area contributed by atoms with Crippen LogP contribution in [0.15, 0.2) is 0 Å². The Bertz CT molecular complexity index is 287. The second-order valence-corrected chi connectivity index (χ2v) is 5.28. The normalized spacial score (nSPS) is 20.8. The summed E-state index contributed by atoms with van der Waals surface area (Å²) >= 11 is 0. The van der Waals surface area contributed by atoms with Crippen LogP contribution in [0.4, 0.5) is 0 Å². The van der Waals surface area contributed by atoms with Gasteiger partial charge in [-0.1, -0.05) is 0 Å². The summed E-state index contributed by atoms with van der Waals surface area (Å²) in [5, 5.41) is 11.4. The number of carboxylic acids is 1. The maximum atomic E-state index is 11.7. The van der Waals surface area contributed by atoms with Gasteiger partial charge in [0.25, 0.3) is 0 Å². The van der Waals surface area contributed by atoms with Crippen LogP contribution in [-0.2, 0) is 14.3 Å². The van der Waals surface area contributed by atoms with Gasteiger partial charge < -0.3 is 15.2 Å². The van der Waals surface area contributed by atoms with E-state index >= 15 is 0 Å². The lowest BCUT2D eigenvalue weighted by atomic mass is 10.0. The van der Waals surface area contributed by atoms with Gasteiger partial charge in [-0.15, -0.1) is 0 Å². The second-order valence-electron chi connectivity index (χ2n) is 5.28. The van der Waals surface area contributed by atoms with Crippen LogP contribution in [0.25, 0.3) is 0 Å². The minimum absolute atomic E-state index is 0.0389. The van der Waals surface area contributed by atoms with Gasteiger partial charge >= 0.3 is 5.97 Å². The van der Waals surface area contributed by atoms with E-state index in [1.165, 1.54) is 6.42 Å². The highest BCUT2D eigenvalue weighted by Crippen LogP contribution is 2.16. The fourth-order valence-corrected chi connectivity index (χ4v) is 2.31. The predicted molar refractivity (Wildman–Crippen MR) is 71.9 cm³/mol. The van der Waals surface area contributed by atoms with E-state index in [2.05, 4.69) is 5.32 Å². The lowest BCUT2D eigenvalue weighted by molar-refractivity contribution is -0.137. The minimum Gasteiger partial charge on any atom is -0.481 e. The second kappa shape index (κ2) is 8.91. The van der Waals surface area contributed by atoms with E-state index in [1.54, 1.807) is 0 Å². The number of amides is 1. The molecule has 2 unspecified atom stereocenters. The van der Waals surface area contributed by atoms with Gasteiger partial charge in [0.15, 0.2) is 0 Å². The van der Waals surface area contributed by atoms with E-state index in [9.17, 15) is 9.59 Å². The molecule has 0 spiro atoms. The van der Waals surface area contributed by atoms with Crippen LogP contribution in [0.1, 0.15) is 58.3 Å². The van der Waals surface area contributed by atoms with Crippen LogP contribution in [0.5, 0.6) is 0 Å². The zero-order valence-electron chi connectivity index (χ0n) is 11.7. The number of nitrogens with one attached hydrogen (secondary N) is 1. The monoisotopic (exact) mass is 271 g/mol. The van der Waals surface area contributed by atoms with Crippen molar-refractivity contribution >= 4 is 11.9 Å². The Morgan fingerprint density at radius 1 is 1.37 bits per heavy atom. The number of rotatable bonds is 8. The Balaban J connectivity index is 2.07. The largest absolute Gasteiger partial charge is 0.481 e. The molecule has 0 aromatic carbocycles. The molecule has 1 aliphatic rings. The zero-order chi connectivity index (χ0) is 14.1. The average molecular weight is 271 g/mol. The first-order chi connectivity index (χ1) is 9.08. The number of carbonyl (C=O) groups is 2. The molecule has 0 radical (unpaired) electrons. The van der Waals surface area contributed by atoms with Crippen LogP contribution in [-0.4, -0.2) is 35.7 Å². The number of hydrogen-bond donors (Lipinski definition) is 2. The number of carbonyl (C=O) groups excluding carboxylic acids is 1. The Hall–Kier alpha value is -1.10. The van der Waals surface area contributed by atoms with Gasteiger partial charge in [0.2, 0.25) is 5.91 Å². The molecule has 1 rings (SSSR count). The van der Waals surface area contributed by atoms with Crippen LogP contribution < -0.4 is 5.32 Å². The number of hydrogen-bond acceptors (Lipinski definition) is 3. The van der Waals surface area contributed by atoms with E-state index in [0.717, 1.165) is 25.9 Å². The molecule has 1 fully saturated rings. The standard InChI is InChI=1S/C14H25NO4/c1-11(5-4-7-14(17)18)15-13(16)9-8-12-6-2-3-10-19-12/h11-12H,2-10H2,1H3,(H,15,16)(H,17,18). The van der Waals surface area contributed by atoms with Crippen molar-refractivity contribution in [3.8, 4) is 0 Å². The van der Waals surface area contributed by atoms with Gasteiger partial charge in [-0.05, 0) is 45.4 Å². The lowest BCUT2D eigenvalue weighted by Crippen LogP contribution is -2.33. The first kappa shape index (κ1) is 16.0. The molecule has 110 valence electrons. The Labute approximate surface area is 114 Å². The summed E-state index contributed by atoms with van der Waals surface area (Å²) in [7, 11) is 0. The zero-order valence-corrected chi connectivity index (χ0v) is 11.7. The fraction of sp³-hybridized carbons (Fsp3) is 0.857. The summed E-state index contributed by atoms with van der Waals surface area (Å²) in [6, 6.07) is 0.0409. The van der Waals surface area contributed by atoms with E-state index in [-0.39, 0.29) is 24.5 Å². The molecule has 0 aromatic heterocycles. The molecule has 1 heterocycles. The smallest absolute Gasteiger partial charge is 0.303 e. The van der Waals surface area contributed by atoms with Crippen molar-refractivity contribution in [2.24, 2.45) is 0 Å². The average Bonchev–Trinajstić information content (AvgIpc) is 2.37. The van der Waals surface area contributed by atoms with Crippen molar-refractivity contribution in [2.45, 2.75) is 70.4 Å². The number of carboxylic acid groups (broad SMARTS) is 1. The Kier molecular flexibility index (Phi) is 7.48. The first-order valence-corrected chi connectivity index (χ1v) is 7.20. The molecule has 2 N–H and O–H groups in total.